The van der Waals surface area contributed by atoms with E-state index in [0.29, 0.717) is 6.04 Å². The van der Waals surface area contributed by atoms with Gasteiger partial charge in [-0.2, -0.15) is 0 Å². The van der Waals surface area contributed by atoms with Gasteiger partial charge >= 0.3 is 0 Å². The van der Waals surface area contributed by atoms with Gasteiger partial charge in [-0.05, 0) is 44.5 Å². The van der Waals surface area contributed by atoms with Crippen molar-refractivity contribution in [2.75, 3.05) is 4.90 Å². The smallest absolute Gasteiger partial charge is 0.161 e. The van der Waals surface area contributed by atoms with Crippen molar-refractivity contribution in [3.05, 3.63) is 64.1 Å². The van der Waals surface area contributed by atoms with Gasteiger partial charge in [-0.3, -0.25) is 4.79 Å². The standard InChI is InChI=1S/C18H20BrNO/c1-13(2)20(12-15-7-5-4-6-8-15)18-11-16(19)9-10-17(18)14(3)21/h4-11,13H,12H2,1-3H3. The number of carbonyl (C=O) groups excluding carboxylic acids is 1. The molecule has 0 aliphatic rings. The van der Waals surface area contributed by atoms with Gasteiger partial charge < -0.3 is 4.90 Å². The molecule has 0 unspecified atom stereocenters. The van der Waals surface area contributed by atoms with Crippen molar-refractivity contribution in [2.45, 2.75) is 33.4 Å². The van der Waals surface area contributed by atoms with E-state index in [0.717, 1.165) is 22.3 Å². The lowest BCUT2D eigenvalue weighted by molar-refractivity contribution is 0.101. The number of carbonyl (C=O) groups is 1. The fraction of sp³-hybridized carbons (Fsp3) is 0.278. The number of rotatable bonds is 5. The predicted molar refractivity (Wildman–Crippen MR) is 91.9 cm³/mol. The Morgan fingerprint density at radius 1 is 1.14 bits per heavy atom. The molecule has 2 aromatic carbocycles. The molecular formula is C18H20BrNO. The molecule has 0 saturated carbocycles. The molecule has 2 rings (SSSR count). The summed E-state index contributed by atoms with van der Waals surface area (Å²) in [5.74, 6) is 0.0937. The first-order valence-electron chi connectivity index (χ1n) is 7.10. The first-order chi connectivity index (χ1) is 9.99. The van der Waals surface area contributed by atoms with Crippen LogP contribution in [-0.4, -0.2) is 11.8 Å². The molecule has 0 aromatic heterocycles. The Labute approximate surface area is 134 Å². The van der Waals surface area contributed by atoms with E-state index in [2.05, 4.69) is 46.8 Å². The minimum atomic E-state index is 0.0937. The van der Waals surface area contributed by atoms with E-state index in [-0.39, 0.29) is 5.78 Å². The minimum Gasteiger partial charge on any atom is -0.364 e. The van der Waals surface area contributed by atoms with Gasteiger partial charge in [0.25, 0.3) is 0 Å². The molecule has 2 nitrogen and oxygen atoms in total. The summed E-state index contributed by atoms with van der Waals surface area (Å²) < 4.78 is 0.987. The molecule has 0 heterocycles. The highest BCUT2D eigenvalue weighted by molar-refractivity contribution is 9.10. The van der Waals surface area contributed by atoms with Crippen molar-refractivity contribution in [3.63, 3.8) is 0 Å². The second kappa shape index (κ2) is 6.90. The Morgan fingerprint density at radius 2 is 1.81 bits per heavy atom. The number of anilines is 1. The summed E-state index contributed by atoms with van der Waals surface area (Å²) in [4.78, 5) is 14.2. The SMILES string of the molecule is CC(=O)c1ccc(Br)cc1N(Cc1ccccc1)C(C)C. The fourth-order valence-corrected chi connectivity index (χ4v) is 2.72. The maximum Gasteiger partial charge on any atom is 0.161 e. The molecule has 0 N–H and O–H groups in total. The number of ketones is 1. The first-order valence-corrected chi connectivity index (χ1v) is 7.89. The number of benzene rings is 2. The van der Waals surface area contributed by atoms with Crippen LogP contribution in [0, 0.1) is 0 Å². The minimum absolute atomic E-state index is 0.0937. The van der Waals surface area contributed by atoms with Crippen LogP contribution in [0.2, 0.25) is 0 Å². The molecule has 3 heteroatoms. The van der Waals surface area contributed by atoms with Gasteiger partial charge in [-0.15, -0.1) is 0 Å². The van der Waals surface area contributed by atoms with Crippen LogP contribution in [0.25, 0.3) is 0 Å². The monoisotopic (exact) mass is 345 g/mol. The summed E-state index contributed by atoms with van der Waals surface area (Å²) in [7, 11) is 0. The van der Waals surface area contributed by atoms with Gasteiger partial charge in [-0.25, -0.2) is 0 Å². The van der Waals surface area contributed by atoms with Crippen LogP contribution in [0.1, 0.15) is 36.7 Å². The van der Waals surface area contributed by atoms with E-state index >= 15 is 0 Å². The number of Topliss-reactive ketones (excluding diaryl/α,β-unsaturated/α-hetero) is 1. The highest BCUT2D eigenvalue weighted by Crippen LogP contribution is 2.28. The molecule has 0 atom stereocenters. The summed E-state index contributed by atoms with van der Waals surface area (Å²) in [5.41, 5.74) is 2.99. The Hall–Kier alpha value is -1.61. The maximum absolute atomic E-state index is 11.9. The van der Waals surface area contributed by atoms with Crippen LogP contribution in [-0.2, 0) is 6.54 Å². The van der Waals surface area contributed by atoms with Gasteiger partial charge in [-0.1, -0.05) is 46.3 Å². The zero-order valence-electron chi connectivity index (χ0n) is 12.6. The lowest BCUT2D eigenvalue weighted by Gasteiger charge is -2.31. The third-order valence-electron chi connectivity index (χ3n) is 3.47. The topological polar surface area (TPSA) is 20.3 Å². The third kappa shape index (κ3) is 3.94. The zero-order chi connectivity index (χ0) is 15.4. The molecule has 0 spiro atoms. The van der Waals surface area contributed by atoms with Crippen LogP contribution in [0.15, 0.2) is 53.0 Å². The second-order valence-corrected chi connectivity index (χ2v) is 6.34. The van der Waals surface area contributed by atoms with Gasteiger partial charge in [0.05, 0.1) is 0 Å². The maximum atomic E-state index is 11.9. The van der Waals surface area contributed by atoms with E-state index in [4.69, 9.17) is 0 Å². The molecular weight excluding hydrogens is 326 g/mol. The summed E-state index contributed by atoms with van der Waals surface area (Å²) >= 11 is 3.51. The average molecular weight is 346 g/mol. The molecule has 21 heavy (non-hydrogen) atoms. The van der Waals surface area contributed by atoms with Crippen LogP contribution in [0.5, 0.6) is 0 Å². The van der Waals surface area contributed by atoms with Crippen molar-refractivity contribution < 1.29 is 4.79 Å². The number of hydrogen-bond donors (Lipinski definition) is 0. The van der Waals surface area contributed by atoms with Crippen LogP contribution < -0.4 is 4.90 Å². The van der Waals surface area contributed by atoms with E-state index in [1.165, 1.54) is 5.56 Å². The molecule has 0 fully saturated rings. The van der Waals surface area contributed by atoms with Gasteiger partial charge in [0.15, 0.2) is 5.78 Å². The summed E-state index contributed by atoms with van der Waals surface area (Å²) in [6.07, 6.45) is 0. The van der Waals surface area contributed by atoms with Crippen molar-refractivity contribution >= 4 is 27.4 Å². The molecule has 0 saturated heterocycles. The Kier molecular flexibility index (Phi) is 5.18. The lowest BCUT2D eigenvalue weighted by atomic mass is 10.1. The van der Waals surface area contributed by atoms with Crippen molar-refractivity contribution in [3.8, 4) is 0 Å². The van der Waals surface area contributed by atoms with Crippen LogP contribution >= 0.6 is 15.9 Å². The van der Waals surface area contributed by atoms with Gasteiger partial charge in [0.2, 0.25) is 0 Å². The number of nitrogens with zero attached hydrogens (tertiary/aromatic N) is 1. The zero-order valence-corrected chi connectivity index (χ0v) is 14.2. The lowest BCUT2D eigenvalue weighted by Crippen LogP contribution is -2.31. The molecule has 2 aromatic rings. The molecule has 0 bridgehead atoms. The summed E-state index contributed by atoms with van der Waals surface area (Å²) in [5, 5.41) is 0. The van der Waals surface area contributed by atoms with E-state index < -0.39 is 0 Å². The Bertz CT molecular complexity index is 622. The first kappa shape index (κ1) is 15.8. The Balaban J connectivity index is 2.43. The molecule has 0 aliphatic heterocycles. The normalized spacial score (nSPS) is 10.7. The largest absolute Gasteiger partial charge is 0.364 e. The van der Waals surface area contributed by atoms with Crippen LogP contribution in [0.3, 0.4) is 0 Å². The van der Waals surface area contributed by atoms with Gasteiger partial charge in [0, 0.05) is 28.3 Å². The van der Waals surface area contributed by atoms with Crippen molar-refractivity contribution in [2.24, 2.45) is 0 Å². The highest BCUT2D eigenvalue weighted by Gasteiger charge is 2.17. The van der Waals surface area contributed by atoms with Crippen molar-refractivity contribution in [1.82, 2.24) is 0 Å². The predicted octanol–water partition coefficient (Wildman–Crippen LogP) is 5.07. The third-order valence-corrected chi connectivity index (χ3v) is 3.96. The van der Waals surface area contributed by atoms with Crippen LogP contribution in [0.4, 0.5) is 5.69 Å². The molecule has 110 valence electrons. The Morgan fingerprint density at radius 3 is 2.38 bits per heavy atom. The van der Waals surface area contributed by atoms with E-state index in [1.807, 2.05) is 36.4 Å². The highest BCUT2D eigenvalue weighted by atomic mass is 79.9. The summed E-state index contributed by atoms with van der Waals surface area (Å²) in [6, 6.07) is 16.5. The quantitative estimate of drug-likeness (QED) is 0.705. The van der Waals surface area contributed by atoms with E-state index in [1.54, 1.807) is 6.92 Å². The summed E-state index contributed by atoms with van der Waals surface area (Å²) in [6.45, 7) is 6.70. The number of halogens is 1. The molecule has 0 aliphatic carbocycles. The molecule has 0 radical (unpaired) electrons. The van der Waals surface area contributed by atoms with Gasteiger partial charge in [0.1, 0.15) is 0 Å². The van der Waals surface area contributed by atoms with E-state index in [9.17, 15) is 4.79 Å². The van der Waals surface area contributed by atoms with Crippen molar-refractivity contribution in [1.29, 1.82) is 0 Å². The fourth-order valence-electron chi connectivity index (χ4n) is 2.37. The average Bonchev–Trinajstić information content (AvgIpc) is 2.45. The molecule has 0 amide bonds. The number of hydrogen-bond acceptors (Lipinski definition) is 2. The second-order valence-electron chi connectivity index (χ2n) is 5.42.